The SMILES string of the molecule is CC(C)(OCCN1Cc2ccc(-c3nc(NC4CCOCC4)ncc3Cl)cc2C1=O)c1ccccc1. The number of fused-ring (bicyclic) bond motifs is 1. The second-order valence-corrected chi connectivity index (χ2v) is 10.2. The molecule has 0 aliphatic carbocycles. The summed E-state index contributed by atoms with van der Waals surface area (Å²) in [7, 11) is 0. The molecule has 2 aliphatic heterocycles. The molecule has 0 bridgehead atoms. The summed E-state index contributed by atoms with van der Waals surface area (Å²) in [5.41, 5.74) is 3.78. The molecule has 2 aromatic carbocycles. The highest BCUT2D eigenvalue weighted by molar-refractivity contribution is 6.33. The molecule has 1 aromatic heterocycles. The third kappa shape index (κ3) is 5.38. The number of carbonyl (C=O) groups excluding carboxylic acids is 1. The van der Waals surface area contributed by atoms with E-state index in [1.54, 1.807) is 6.20 Å². The fourth-order valence-corrected chi connectivity index (χ4v) is 4.89. The molecular weight excluding hydrogens is 476 g/mol. The van der Waals surface area contributed by atoms with E-state index in [9.17, 15) is 4.79 Å². The Hall–Kier alpha value is -3.00. The number of benzene rings is 2. The van der Waals surface area contributed by atoms with Gasteiger partial charge in [-0.15, -0.1) is 0 Å². The Bertz CT molecular complexity index is 1230. The van der Waals surface area contributed by atoms with Gasteiger partial charge in [-0.2, -0.15) is 0 Å². The van der Waals surface area contributed by atoms with Crippen LogP contribution < -0.4 is 5.32 Å². The van der Waals surface area contributed by atoms with Crippen molar-refractivity contribution < 1.29 is 14.3 Å². The molecule has 1 saturated heterocycles. The van der Waals surface area contributed by atoms with Crippen LogP contribution in [0.4, 0.5) is 5.95 Å². The van der Waals surface area contributed by atoms with Gasteiger partial charge in [0.15, 0.2) is 0 Å². The van der Waals surface area contributed by atoms with Crippen LogP contribution >= 0.6 is 11.6 Å². The molecule has 8 heteroatoms. The van der Waals surface area contributed by atoms with Crippen molar-refractivity contribution in [3.63, 3.8) is 0 Å². The number of hydrogen-bond acceptors (Lipinski definition) is 6. The van der Waals surface area contributed by atoms with E-state index in [4.69, 9.17) is 21.1 Å². The first kappa shape index (κ1) is 24.7. The monoisotopic (exact) mass is 506 g/mol. The van der Waals surface area contributed by atoms with Crippen molar-refractivity contribution >= 4 is 23.5 Å². The van der Waals surface area contributed by atoms with Crippen molar-refractivity contribution in [3.8, 4) is 11.3 Å². The van der Waals surface area contributed by atoms with Crippen LogP contribution in [0.1, 0.15) is 48.2 Å². The zero-order valence-electron chi connectivity index (χ0n) is 20.7. The Morgan fingerprint density at radius 1 is 1.17 bits per heavy atom. The van der Waals surface area contributed by atoms with Gasteiger partial charge in [-0.05, 0) is 43.9 Å². The van der Waals surface area contributed by atoms with Gasteiger partial charge in [0.25, 0.3) is 5.91 Å². The maximum Gasteiger partial charge on any atom is 0.254 e. The van der Waals surface area contributed by atoms with Gasteiger partial charge in [-0.25, -0.2) is 9.97 Å². The summed E-state index contributed by atoms with van der Waals surface area (Å²) in [6.07, 6.45) is 3.44. The zero-order valence-corrected chi connectivity index (χ0v) is 21.4. The van der Waals surface area contributed by atoms with E-state index in [1.165, 1.54) is 0 Å². The molecule has 1 fully saturated rings. The van der Waals surface area contributed by atoms with Gasteiger partial charge in [0, 0.05) is 43.5 Å². The highest BCUT2D eigenvalue weighted by Gasteiger charge is 2.29. The number of aromatic nitrogens is 2. The Balaban J connectivity index is 1.26. The lowest BCUT2D eigenvalue weighted by Crippen LogP contribution is -2.31. The molecular formula is C28H31ClN4O3. The highest BCUT2D eigenvalue weighted by Crippen LogP contribution is 2.32. The summed E-state index contributed by atoms with van der Waals surface area (Å²) in [5.74, 6) is 0.534. The van der Waals surface area contributed by atoms with Crippen LogP contribution in [-0.4, -0.2) is 53.2 Å². The average molecular weight is 507 g/mol. The van der Waals surface area contributed by atoms with Gasteiger partial charge in [-0.3, -0.25) is 4.79 Å². The number of halogens is 1. The van der Waals surface area contributed by atoms with Crippen LogP contribution in [0.2, 0.25) is 5.02 Å². The van der Waals surface area contributed by atoms with Gasteiger partial charge in [0.1, 0.15) is 0 Å². The summed E-state index contributed by atoms with van der Waals surface area (Å²) in [6, 6.07) is 16.2. The molecule has 2 aliphatic rings. The zero-order chi connectivity index (χ0) is 25.1. The van der Waals surface area contributed by atoms with Crippen molar-refractivity contribution in [2.24, 2.45) is 0 Å². The third-order valence-electron chi connectivity index (χ3n) is 6.85. The number of amides is 1. The Morgan fingerprint density at radius 2 is 1.94 bits per heavy atom. The Labute approximate surface area is 216 Å². The van der Waals surface area contributed by atoms with Crippen molar-refractivity contribution in [2.45, 2.75) is 44.9 Å². The highest BCUT2D eigenvalue weighted by atomic mass is 35.5. The number of nitrogens with zero attached hydrogens (tertiary/aromatic N) is 3. The molecule has 0 radical (unpaired) electrons. The minimum atomic E-state index is -0.426. The Kier molecular flexibility index (Phi) is 7.23. The number of anilines is 1. The van der Waals surface area contributed by atoms with Crippen LogP contribution in [-0.2, 0) is 21.6 Å². The third-order valence-corrected chi connectivity index (χ3v) is 7.13. The van der Waals surface area contributed by atoms with E-state index in [0.29, 0.717) is 41.9 Å². The second kappa shape index (κ2) is 10.5. The molecule has 5 rings (SSSR count). The topological polar surface area (TPSA) is 76.6 Å². The van der Waals surface area contributed by atoms with Gasteiger partial charge >= 0.3 is 0 Å². The van der Waals surface area contributed by atoms with Crippen LogP contribution in [0.5, 0.6) is 0 Å². The van der Waals surface area contributed by atoms with Crippen molar-refractivity contribution in [1.29, 1.82) is 0 Å². The molecule has 0 atom stereocenters. The molecule has 1 amide bonds. The number of carbonyl (C=O) groups is 1. The molecule has 0 spiro atoms. The van der Waals surface area contributed by atoms with E-state index in [1.807, 2.05) is 55.1 Å². The predicted octanol–water partition coefficient (Wildman–Crippen LogP) is 5.30. The number of hydrogen-bond donors (Lipinski definition) is 1. The van der Waals surface area contributed by atoms with Crippen LogP contribution in [0.25, 0.3) is 11.3 Å². The summed E-state index contributed by atoms with van der Waals surface area (Å²) in [6.45, 7) is 7.10. The van der Waals surface area contributed by atoms with Crippen LogP contribution in [0.3, 0.4) is 0 Å². The molecule has 7 nitrogen and oxygen atoms in total. The van der Waals surface area contributed by atoms with Crippen LogP contribution in [0.15, 0.2) is 54.7 Å². The normalized spacial score (nSPS) is 16.3. The van der Waals surface area contributed by atoms with E-state index in [2.05, 4.69) is 27.4 Å². The molecule has 0 unspecified atom stereocenters. The molecule has 1 N–H and O–H groups in total. The summed E-state index contributed by atoms with van der Waals surface area (Å²) in [5, 5.41) is 3.83. The molecule has 0 saturated carbocycles. The standard InChI is InChI=1S/C28H31ClN4O3/c1-28(2,21-6-4-3-5-7-21)36-15-12-33-18-20-9-8-19(16-23(20)26(33)34)25-24(29)17-30-27(32-25)31-22-10-13-35-14-11-22/h3-9,16-17,22H,10-15,18H2,1-2H3,(H,30,31,32). The minimum Gasteiger partial charge on any atom is -0.381 e. The van der Waals surface area contributed by atoms with Gasteiger partial charge < -0.3 is 19.7 Å². The van der Waals surface area contributed by atoms with E-state index >= 15 is 0 Å². The van der Waals surface area contributed by atoms with Crippen molar-refractivity contribution in [2.75, 3.05) is 31.7 Å². The number of rotatable bonds is 8. The van der Waals surface area contributed by atoms with Gasteiger partial charge in [-0.1, -0.05) is 54.1 Å². The first-order chi connectivity index (χ1) is 17.4. The van der Waals surface area contributed by atoms with Gasteiger partial charge in [0.05, 0.1) is 29.1 Å². The fourth-order valence-electron chi connectivity index (χ4n) is 4.69. The summed E-state index contributed by atoms with van der Waals surface area (Å²) >= 11 is 6.47. The quantitative estimate of drug-likeness (QED) is 0.447. The number of nitrogens with one attached hydrogen (secondary N) is 1. The van der Waals surface area contributed by atoms with E-state index in [0.717, 1.165) is 42.7 Å². The lowest BCUT2D eigenvalue weighted by atomic mass is 9.98. The largest absolute Gasteiger partial charge is 0.381 e. The van der Waals surface area contributed by atoms with Crippen LogP contribution in [0, 0.1) is 0 Å². The van der Waals surface area contributed by atoms with E-state index in [-0.39, 0.29) is 11.9 Å². The lowest BCUT2D eigenvalue weighted by molar-refractivity contribution is -0.0288. The summed E-state index contributed by atoms with van der Waals surface area (Å²) < 4.78 is 11.6. The second-order valence-electron chi connectivity index (χ2n) is 9.74. The van der Waals surface area contributed by atoms with E-state index < -0.39 is 5.60 Å². The smallest absolute Gasteiger partial charge is 0.254 e. The maximum atomic E-state index is 13.2. The first-order valence-electron chi connectivity index (χ1n) is 12.4. The molecule has 36 heavy (non-hydrogen) atoms. The predicted molar refractivity (Wildman–Crippen MR) is 140 cm³/mol. The van der Waals surface area contributed by atoms with Crippen molar-refractivity contribution in [1.82, 2.24) is 14.9 Å². The van der Waals surface area contributed by atoms with Gasteiger partial charge in [0.2, 0.25) is 5.95 Å². The Morgan fingerprint density at radius 3 is 2.72 bits per heavy atom. The first-order valence-corrected chi connectivity index (χ1v) is 12.8. The minimum absolute atomic E-state index is 0.00120. The molecule has 3 aromatic rings. The molecule has 188 valence electrons. The maximum absolute atomic E-state index is 13.2. The average Bonchev–Trinajstić information content (AvgIpc) is 3.21. The van der Waals surface area contributed by atoms with Crippen molar-refractivity contribution in [3.05, 3.63) is 76.4 Å². The fraction of sp³-hybridized carbons (Fsp3) is 0.393. The molecule has 3 heterocycles. The summed E-state index contributed by atoms with van der Waals surface area (Å²) in [4.78, 5) is 24.1. The lowest BCUT2D eigenvalue weighted by Gasteiger charge is -2.27. The number of ether oxygens (including phenoxy) is 2.